The van der Waals surface area contributed by atoms with E-state index < -0.39 is 6.10 Å². The molecule has 0 saturated heterocycles. The van der Waals surface area contributed by atoms with Gasteiger partial charge < -0.3 is 15.4 Å². The first-order valence-corrected chi connectivity index (χ1v) is 7.21. The predicted molar refractivity (Wildman–Crippen MR) is 85.4 cm³/mol. The molecule has 4 nitrogen and oxygen atoms in total. The second kappa shape index (κ2) is 8.56. The Morgan fingerprint density at radius 2 is 2.14 bits per heavy atom. The summed E-state index contributed by atoms with van der Waals surface area (Å²) in [6.45, 7) is 6.72. The smallest absolute Gasteiger partial charge is 0.261 e. The summed E-state index contributed by atoms with van der Waals surface area (Å²) >= 11 is 6.18. The average molecular weight is 309 g/mol. The molecule has 1 atom stereocenters. The lowest BCUT2D eigenvalue weighted by molar-refractivity contribution is -0.126. The number of terminal acetylenes is 1. The van der Waals surface area contributed by atoms with Gasteiger partial charge in [0.25, 0.3) is 5.91 Å². The first kappa shape index (κ1) is 17.4. The highest BCUT2D eigenvalue weighted by Crippen LogP contribution is 2.26. The van der Waals surface area contributed by atoms with Gasteiger partial charge in [-0.25, -0.2) is 0 Å². The second-order valence-corrected chi connectivity index (χ2v) is 5.39. The fraction of sp³-hybridized carbons (Fsp3) is 0.438. The highest BCUT2D eigenvalue weighted by atomic mass is 35.5. The summed E-state index contributed by atoms with van der Waals surface area (Å²) in [5, 5.41) is 6.35. The molecule has 1 unspecified atom stereocenters. The fourth-order valence-corrected chi connectivity index (χ4v) is 1.85. The van der Waals surface area contributed by atoms with Crippen LogP contribution in [0.15, 0.2) is 18.2 Å². The van der Waals surface area contributed by atoms with E-state index >= 15 is 0 Å². The molecule has 1 rings (SSSR count). The molecule has 0 heterocycles. The maximum Gasteiger partial charge on any atom is 0.261 e. The van der Waals surface area contributed by atoms with Crippen LogP contribution in [-0.4, -0.2) is 24.6 Å². The molecule has 1 aromatic carbocycles. The number of benzene rings is 1. The molecule has 0 fully saturated rings. The zero-order valence-electron chi connectivity index (χ0n) is 12.6. The van der Waals surface area contributed by atoms with E-state index in [1.807, 2.05) is 12.1 Å². The van der Waals surface area contributed by atoms with Crippen molar-refractivity contribution in [3.8, 4) is 18.1 Å². The van der Waals surface area contributed by atoms with Crippen molar-refractivity contribution < 1.29 is 9.53 Å². The molecule has 0 bridgehead atoms. The minimum atomic E-state index is -0.657. The molecule has 0 aromatic heterocycles. The van der Waals surface area contributed by atoms with Crippen LogP contribution in [0.5, 0.6) is 5.75 Å². The molecule has 0 aliphatic heterocycles. The summed E-state index contributed by atoms with van der Waals surface area (Å²) in [6.07, 6.45) is 4.43. The monoisotopic (exact) mass is 308 g/mol. The number of hydrogen-bond acceptors (Lipinski definition) is 3. The highest BCUT2D eigenvalue weighted by Gasteiger charge is 2.15. The third-order valence-corrected chi connectivity index (χ3v) is 3.04. The molecule has 0 saturated carbocycles. The Bertz CT molecular complexity index is 523. The molecular weight excluding hydrogens is 288 g/mol. The lowest BCUT2D eigenvalue weighted by Crippen LogP contribution is -2.36. The van der Waals surface area contributed by atoms with Gasteiger partial charge in [-0.15, -0.1) is 6.42 Å². The highest BCUT2D eigenvalue weighted by molar-refractivity contribution is 6.32. The van der Waals surface area contributed by atoms with E-state index in [1.165, 1.54) is 0 Å². The second-order valence-electron chi connectivity index (χ2n) is 4.98. The first-order valence-electron chi connectivity index (χ1n) is 6.83. The van der Waals surface area contributed by atoms with Gasteiger partial charge in [-0.3, -0.25) is 4.79 Å². The SMILES string of the molecule is C#CCNC(=O)C(C)Oc1ccc(CNC(C)C)cc1Cl. The van der Waals surface area contributed by atoms with Gasteiger partial charge in [0, 0.05) is 12.6 Å². The molecule has 5 heteroatoms. The van der Waals surface area contributed by atoms with E-state index in [2.05, 4.69) is 30.4 Å². The van der Waals surface area contributed by atoms with Crippen molar-refractivity contribution >= 4 is 17.5 Å². The third kappa shape index (κ3) is 6.07. The molecule has 0 spiro atoms. The van der Waals surface area contributed by atoms with Gasteiger partial charge in [0.05, 0.1) is 11.6 Å². The largest absolute Gasteiger partial charge is 0.479 e. The Morgan fingerprint density at radius 3 is 2.71 bits per heavy atom. The Hall–Kier alpha value is -1.70. The zero-order chi connectivity index (χ0) is 15.8. The number of halogens is 1. The van der Waals surface area contributed by atoms with Crippen LogP contribution in [0.25, 0.3) is 0 Å². The Kier molecular flexibility index (Phi) is 7.07. The molecule has 0 radical (unpaired) electrons. The van der Waals surface area contributed by atoms with Crippen molar-refractivity contribution in [2.24, 2.45) is 0 Å². The van der Waals surface area contributed by atoms with Gasteiger partial charge in [-0.2, -0.15) is 0 Å². The maximum absolute atomic E-state index is 11.7. The number of carbonyl (C=O) groups excluding carboxylic acids is 1. The van der Waals surface area contributed by atoms with Gasteiger partial charge in [0.2, 0.25) is 0 Å². The van der Waals surface area contributed by atoms with E-state index in [4.69, 9.17) is 22.8 Å². The van der Waals surface area contributed by atoms with Crippen molar-refractivity contribution in [1.82, 2.24) is 10.6 Å². The van der Waals surface area contributed by atoms with Crippen LogP contribution in [0.3, 0.4) is 0 Å². The molecule has 1 amide bonds. The molecule has 0 aliphatic carbocycles. The van der Waals surface area contributed by atoms with Crippen LogP contribution in [0.2, 0.25) is 5.02 Å². The lowest BCUT2D eigenvalue weighted by atomic mass is 10.2. The van der Waals surface area contributed by atoms with Gasteiger partial charge >= 0.3 is 0 Å². The van der Waals surface area contributed by atoms with Crippen LogP contribution >= 0.6 is 11.6 Å². The summed E-state index contributed by atoms with van der Waals surface area (Å²) in [7, 11) is 0. The van der Waals surface area contributed by atoms with Crippen LogP contribution < -0.4 is 15.4 Å². The van der Waals surface area contributed by atoms with Crippen molar-refractivity contribution in [3.05, 3.63) is 28.8 Å². The molecule has 2 N–H and O–H groups in total. The molecular formula is C16H21ClN2O2. The standard InChI is InChI=1S/C16H21ClN2O2/c1-5-8-18-16(20)12(4)21-15-7-6-13(9-14(15)17)10-19-11(2)3/h1,6-7,9,11-12,19H,8,10H2,2-4H3,(H,18,20). The Morgan fingerprint density at radius 1 is 1.43 bits per heavy atom. The van der Waals surface area contributed by atoms with E-state index in [0.717, 1.165) is 12.1 Å². The fourth-order valence-electron chi connectivity index (χ4n) is 1.60. The van der Waals surface area contributed by atoms with Crippen LogP contribution in [0.1, 0.15) is 26.3 Å². The van der Waals surface area contributed by atoms with Gasteiger partial charge in [0.1, 0.15) is 5.75 Å². The van der Waals surface area contributed by atoms with Gasteiger partial charge in [-0.05, 0) is 24.6 Å². The minimum Gasteiger partial charge on any atom is -0.479 e. The number of nitrogens with one attached hydrogen (secondary N) is 2. The topological polar surface area (TPSA) is 50.4 Å². The molecule has 1 aromatic rings. The van der Waals surface area contributed by atoms with Gasteiger partial charge in [-0.1, -0.05) is 37.4 Å². The first-order chi connectivity index (χ1) is 9.93. The van der Waals surface area contributed by atoms with Crippen LogP contribution in [0.4, 0.5) is 0 Å². The number of amides is 1. The lowest BCUT2D eigenvalue weighted by Gasteiger charge is -2.16. The van der Waals surface area contributed by atoms with Crippen LogP contribution in [0, 0.1) is 12.3 Å². The number of carbonyl (C=O) groups is 1. The number of rotatable bonds is 7. The van der Waals surface area contributed by atoms with E-state index in [1.54, 1.807) is 13.0 Å². The number of ether oxygens (including phenoxy) is 1. The predicted octanol–water partition coefficient (Wildman–Crippen LogP) is 2.35. The van der Waals surface area contributed by atoms with Crippen LogP contribution in [-0.2, 0) is 11.3 Å². The van der Waals surface area contributed by atoms with Crippen molar-refractivity contribution in [1.29, 1.82) is 0 Å². The number of hydrogen-bond donors (Lipinski definition) is 2. The van der Waals surface area contributed by atoms with Crippen molar-refractivity contribution in [3.63, 3.8) is 0 Å². The quantitative estimate of drug-likeness (QED) is 0.760. The zero-order valence-corrected chi connectivity index (χ0v) is 13.3. The average Bonchev–Trinajstić information content (AvgIpc) is 2.44. The van der Waals surface area contributed by atoms with E-state index in [-0.39, 0.29) is 12.5 Å². The maximum atomic E-state index is 11.7. The van der Waals surface area contributed by atoms with E-state index in [0.29, 0.717) is 16.8 Å². The Labute approximate surface area is 131 Å². The minimum absolute atomic E-state index is 0.181. The van der Waals surface area contributed by atoms with E-state index in [9.17, 15) is 4.79 Å². The Balaban J connectivity index is 2.64. The summed E-state index contributed by atoms with van der Waals surface area (Å²) in [5.41, 5.74) is 1.06. The molecule has 21 heavy (non-hydrogen) atoms. The molecule has 114 valence electrons. The van der Waals surface area contributed by atoms with Gasteiger partial charge in [0.15, 0.2) is 6.10 Å². The summed E-state index contributed by atoms with van der Waals surface area (Å²) in [6, 6.07) is 5.92. The third-order valence-electron chi connectivity index (χ3n) is 2.75. The summed E-state index contributed by atoms with van der Waals surface area (Å²) in [5.74, 6) is 2.55. The normalized spacial score (nSPS) is 11.8. The summed E-state index contributed by atoms with van der Waals surface area (Å²) < 4.78 is 5.55. The summed E-state index contributed by atoms with van der Waals surface area (Å²) in [4.78, 5) is 11.7. The molecule has 0 aliphatic rings. The van der Waals surface area contributed by atoms with Crippen molar-refractivity contribution in [2.45, 2.75) is 39.5 Å². The van der Waals surface area contributed by atoms with Crippen molar-refractivity contribution in [2.75, 3.05) is 6.54 Å².